The predicted molar refractivity (Wildman–Crippen MR) is 114 cm³/mol. The molecule has 0 aliphatic carbocycles. The largest absolute Gasteiger partial charge is 0.478 e. The van der Waals surface area contributed by atoms with Gasteiger partial charge in [0.05, 0.1) is 5.56 Å². The van der Waals surface area contributed by atoms with E-state index < -0.39 is 5.97 Å². The average Bonchev–Trinajstić information content (AvgIpc) is 2.74. The van der Waals surface area contributed by atoms with E-state index in [2.05, 4.69) is 56.3 Å². The number of carbonyl (C=O) groups is 1. The molecule has 0 radical (unpaired) electrons. The molecule has 0 saturated carbocycles. The van der Waals surface area contributed by atoms with Crippen molar-refractivity contribution in [3.8, 4) is 0 Å². The summed E-state index contributed by atoms with van der Waals surface area (Å²) >= 11 is 0. The first-order chi connectivity index (χ1) is 14.1. The van der Waals surface area contributed by atoms with Gasteiger partial charge in [-0.3, -0.25) is 0 Å². The summed E-state index contributed by atoms with van der Waals surface area (Å²) in [5.74, 6) is 0.624. The maximum atomic E-state index is 11.0. The number of hydrogen-bond donors (Lipinski definition) is 2. The van der Waals surface area contributed by atoms with E-state index in [4.69, 9.17) is 5.11 Å². The van der Waals surface area contributed by atoms with Crippen LogP contribution in [0.1, 0.15) is 15.9 Å². The van der Waals surface area contributed by atoms with Gasteiger partial charge >= 0.3 is 5.97 Å². The third-order valence-electron chi connectivity index (χ3n) is 5.03. The van der Waals surface area contributed by atoms with Gasteiger partial charge in [0.2, 0.25) is 0 Å². The van der Waals surface area contributed by atoms with Gasteiger partial charge < -0.3 is 20.2 Å². The van der Waals surface area contributed by atoms with Crippen molar-refractivity contribution in [2.75, 3.05) is 41.3 Å². The average molecular weight is 389 g/mol. The lowest BCUT2D eigenvalue weighted by Crippen LogP contribution is -2.46. The zero-order valence-corrected chi connectivity index (χ0v) is 16.2. The Bertz CT molecular complexity index is 998. The van der Waals surface area contributed by atoms with Gasteiger partial charge in [0, 0.05) is 43.6 Å². The molecule has 0 atom stereocenters. The smallest absolute Gasteiger partial charge is 0.335 e. The van der Waals surface area contributed by atoms with Gasteiger partial charge in [-0.15, -0.1) is 0 Å². The van der Waals surface area contributed by atoms with Gasteiger partial charge in [-0.2, -0.15) is 0 Å². The second kappa shape index (κ2) is 8.18. The molecule has 29 heavy (non-hydrogen) atoms. The molecular formula is C22H23N5O2. The van der Waals surface area contributed by atoms with Crippen LogP contribution in [0.3, 0.4) is 0 Å². The number of anilines is 4. The Morgan fingerprint density at radius 2 is 1.69 bits per heavy atom. The Balaban J connectivity index is 1.41. The Morgan fingerprint density at radius 1 is 0.966 bits per heavy atom. The molecule has 0 bridgehead atoms. The van der Waals surface area contributed by atoms with Crippen LogP contribution >= 0.6 is 0 Å². The molecule has 1 saturated heterocycles. The standard InChI is InChI=1S/C22H23N5O2/c1-16-3-2-4-19(13-16)26-9-11-27(12-10-26)21-14-20(23-15-24-21)25-18-7-5-17(6-8-18)22(28)29/h2-8,13-15H,9-12H2,1H3,(H,28,29)(H,23,24,25). The topological polar surface area (TPSA) is 81.6 Å². The minimum atomic E-state index is -0.939. The highest BCUT2D eigenvalue weighted by Crippen LogP contribution is 2.22. The minimum absolute atomic E-state index is 0.255. The Hall–Kier alpha value is -3.61. The molecular weight excluding hydrogens is 366 g/mol. The van der Waals surface area contributed by atoms with Crippen LogP contribution in [0.25, 0.3) is 0 Å². The van der Waals surface area contributed by atoms with Crippen LogP contribution in [0.4, 0.5) is 23.0 Å². The van der Waals surface area contributed by atoms with E-state index >= 15 is 0 Å². The number of carboxylic acids is 1. The fourth-order valence-corrected chi connectivity index (χ4v) is 3.45. The van der Waals surface area contributed by atoms with Crippen LogP contribution < -0.4 is 15.1 Å². The third-order valence-corrected chi connectivity index (χ3v) is 5.03. The Kier molecular flexibility index (Phi) is 5.29. The predicted octanol–water partition coefficient (Wildman–Crippen LogP) is 3.55. The number of rotatable bonds is 5. The summed E-state index contributed by atoms with van der Waals surface area (Å²) in [7, 11) is 0. The molecule has 1 aliphatic rings. The summed E-state index contributed by atoms with van der Waals surface area (Å²) in [5, 5.41) is 12.2. The van der Waals surface area contributed by atoms with Crippen molar-refractivity contribution in [3.63, 3.8) is 0 Å². The number of benzene rings is 2. The van der Waals surface area contributed by atoms with E-state index in [1.807, 2.05) is 6.07 Å². The highest BCUT2D eigenvalue weighted by atomic mass is 16.4. The van der Waals surface area contributed by atoms with Crippen LogP contribution in [0, 0.1) is 6.92 Å². The Morgan fingerprint density at radius 3 is 2.38 bits per heavy atom. The number of nitrogens with one attached hydrogen (secondary N) is 1. The molecule has 7 heteroatoms. The van der Waals surface area contributed by atoms with Crippen molar-refractivity contribution in [2.24, 2.45) is 0 Å². The van der Waals surface area contributed by atoms with Crippen molar-refractivity contribution in [2.45, 2.75) is 6.92 Å². The fraction of sp³-hybridized carbons (Fsp3) is 0.227. The van der Waals surface area contributed by atoms with Crippen molar-refractivity contribution in [1.29, 1.82) is 0 Å². The van der Waals surface area contributed by atoms with Crippen LogP contribution in [-0.2, 0) is 0 Å². The molecule has 0 amide bonds. The highest BCUT2D eigenvalue weighted by molar-refractivity contribution is 5.88. The lowest BCUT2D eigenvalue weighted by molar-refractivity contribution is 0.0697. The van der Waals surface area contributed by atoms with Crippen LogP contribution in [0.15, 0.2) is 60.9 Å². The SMILES string of the molecule is Cc1cccc(N2CCN(c3cc(Nc4ccc(C(=O)O)cc4)ncn3)CC2)c1. The first-order valence-corrected chi connectivity index (χ1v) is 9.57. The van der Waals surface area contributed by atoms with E-state index in [1.54, 1.807) is 30.6 Å². The lowest BCUT2D eigenvalue weighted by Gasteiger charge is -2.36. The van der Waals surface area contributed by atoms with Crippen LogP contribution in [-0.4, -0.2) is 47.2 Å². The fourth-order valence-electron chi connectivity index (χ4n) is 3.45. The number of carboxylic acid groups (broad SMARTS) is 1. The maximum absolute atomic E-state index is 11.0. The molecule has 2 aromatic carbocycles. The molecule has 3 aromatic rings. The van der Waals surface area contributed by atoms with Crippen molar-refractivity contribution < 1.29 is 9.90 Å². The van der Waals surface area contributed by atoms with E-state index in [0.717, 1.165) is 37.7 Å². The second-order valence-electron chi connectivity index (χ2n) is 7.08. The van der Waals surface area contributed by atoms with Gasteiger partial charge in [-0.05, 0) is 48.9 Å². The normalized spacial score (nSPS) is 14.0. The number of hydrogen-bond acceptors (Lipinski definition) is 6. The van der Waals surface area contributed by atoms with Gasteiger partial charge in [0.15, 0.2) is 0 Å². The third kappa shape index (κ3) is 4.45. The summed E-state index contributed by atoms with van der Waals surface area (Å²) in [6.45, 7) is 5.76. The molecule has 2 N–H and O–H groups in total. The van der Waals surface area contributed by atoms with E-state index in [-0.39, 0.29) is 5.56 Å². The number of piperazine rings is 1. The number of nitrogens with zero attached hydrogens (tertiary/aromatic N) is 4. The lowest BCUT2D eigenvalue weighted by atomic mass is 10.2. The summed E-state index contributed by atoms with van der Waals surface area (Å²) < 4.78 is 0. The zero-order chi connectivity index (χ0) is 20.2. The highest BCUT2D eigenvalue weighted by Gasteiger charge is 2.19. The molecule has 1 aromatic heterocycles. The summed E-state index contributed by atoms with van der Waals surface area (Å²) in [5.41, 5.74) is 3.57. The summed E-state index contributed by atoms with van der Waals surface area (Å²) in [6, 6.07) is 17.1. The molecule has 7 nitrogen and oxygen atoms in total. The van der Waals surface area contributed by atoms with Crippen molar-refractivity contribution in [3.05, 3.63) is 72.1 Å². The van der Waals surface area contributed by atoms with E-state index in [9.17, 15) is 4.79 Å². The van der Waals surface area contributed by atoms with Gasteiger partial charge in [-0.25, -0.2) is 14.8 Å². The summed E-state index contributed by atoms with van der Waals surface area (Å²) in [4.78, 5) is 24.3. The molecule has 2 heterocycles. The Labute approximate surface area is 169 Å². The first-order valence-electron chi connectivity index (χ1n) is 9.57. The van der Waals surface area contributed by atoms with Gasteiger partial charge in [0.25, 0.3) is 0 Å². The molecule has 4 rings (SSSR count). The number of aromatic carboxylic acids is 1. The van der Waals surface area contributed by atoms with Crippen LogP contribution in [0.2, 0.25) is 0 Å². The second-order valence-corrected chi connectivity index (χ2v) is 7.08. The van der Waals surface area contributed by atoms with E-state index in [0.29, 0.717) is 5.82 Å². The van der Waals surface area contributed by atoms with Crippen molar-refractivity contribution in [1.82, 2.24) is 9.97 Å². The minimum Gasteiger partial charge on any atom is -0.478 e. The molecule has 148 valence electrons. The first kappa shape index (κ1) is 18.7. The molecule has 1 aliphatic heterocycles. The molecule has 0 spiro atoms. The zero-order valence-electron chi connectivity index (χ0n) is 16.2. The quantitative estimate of drug-likeness (QED) is 0.690. The maximum Gasteiger partial charge on any atom is 0.335 e. The number of aryl methyl sites for hydroxylation is 1. The van der Waals surface area contributed by atoms with Crippen molar-refractivity contribution >= 4 is 29.0 Å². The van der Waals surface area contributed by atoms with Crippen LogP contribution in [0.5, 0.6) is 0 Å². The van der Waals surface area contributed by atoms with Gasteiger partial charge in [0.1, 0.15) is 18.0 Å². The molecule has 0 unspecified atom stereocenters. The molecule has 1 fully saturated rings. The van der Waals surface area contributed by atoms with Gasteiger partial charge in [-0.1, -0.05) is 12.1 Å². The summed E-state index contributed by atoms with van der Waals surface area (Å²) in [6.07, 6.45) is 1.55. The number of aromatic nitrogens is 2. The van der Waals surface area contributed by atoms with E-state index in [1.165, 1.54) is 11.3 Å². The monoisotopic (exact) mass is 389 g/mol.